The van der Waals surface area contributed by atoms with E-state index in [2.05, 4.69) is 10.6 Å². The summed E-state index contributed by atoms with van der Waals surface area (Å²) in [6.07, 6.45) is 0. The Morgan fingerprint density at radius 1 is 1.16 bits per heavy atom. The Labute approximate surface area is 115 Å². The number of nitrogens with one attached hydrogen (secondary N) is 2. The Bertz CT molecular complexity index is 575. The summed E-state index contributed by atoms with van der Waals surface area (Å²) < 4.78 is 13.0. The molecular formula is C14H12ClFN2O. The van der Waals surface area contributed by atoms with Gasteiger partial charge in [-0.15, -0.1) is 0 Å². The highest BCUT2D eigenvalue weighted by molar-refractivity contribution is 6.33. The number of rotatable bonds is 3. The van der Waals surface area contributed by atoms with Crippen molar-refractivity contribution in [3.8, 4) is 0 Å². The molecule has 2 aromatic carbocycles. The number of hydrogen-bond donors (Lipinski definition) is 2. The second kappa shape index (κ2) is 6.20. The number of benzene rings is 2. The molecule has 0 saturated carbocycles. The molecule has 19 heavy (non-hydrogen) atoms. The Morgan fingerprint density at radius 2 is 1.89 bits per heavy atom. The molecule has 0 spiro atoms. The minimum absolute atomic E-state index is 0.243. The Morgan fingerprint density at radius 3 is 2.63 bits per heavy atom. The number of hydrogen-bond acceptors (Lipinski definition) is 1. The first-order valence-electron chi connectivity index (χ1n) is 5.69. The van der Waals surface area contributed by atoms with Crippen LogP contribution in [0.5, 0.6) is 0 Å². The van der Waals surface area contributed by atoms with Gasteiger partial charge < -0.3 is 10.6 Å². The average Bonchev–Trinajstić information content (AvgIpc) is 2.42. The largest absolute Gasteiger partial charge is 0.334 e. The van der Waals surface area contributed by atoms with Crippen LogP contribution in [0.4, 0.5) is 14.9 Å². The van der Waals surface area contributed by atoms with E-state index in [1.54, 1.807) is 0 Å². The number of anilines is 1. The fraction of sp³-hybridized carbons (Fsp3) is 0.0714. The summed E-state index contributed by atoms with van der Waals surface area (Å²) in [6.45, 7) is 0.389. The third kappa shape index (κ3) is 3.96. The van der Waals surface area contributed by atoms with Gasteiger partial charge in [0.2, 0.25) is 0 Å². The number of urea groups is 1. The van der Waals surface area contributed by atoms with Crippen molar-refractivity contribution in [2.24, 2.45) is 0 Å². The zero-order valence-electron chi connectivity index (χ0n) is 9.99. The number of halogens is 2. The molecule has 2 aromatic rings. The first-order valence-corrected chi connectivity index (χ1v) is 6.07. The van der Waals surface area contributed by atoms with E-state index in [0.717, 1.165) is 5.56 Å². The van der Waals surface area contributed by atoms with Crippen molar-refractivity contribution in [2.45, 2.75) is 6.54 Å². The van der Waals surface area contributed by atoms with Gasteiger partial charge in [0.15, 0.2) is 0 Å². The summed E-state index contributed by atoms with van der Waals surface area (Å²) in [5, 5.41) is 5.45. The van der Waals surface area contributed by atoms with Crippen LogP contribution in [-0.4, -0.2) is 6.03 Å². The zero-order chi connectivity index (χ0) is 13.7. The van der Waals surface area contributed by atoms with E-state index in [9.17, 15) is 9.18 Å². The second-order valence-electron chi connectivity index (χ2n) is 3.92. The van der Waals surface area contributed by atoms with E-state index in [4.69, 9.17) is 11.6 Å². The lowest BCUT2D eigenvalue weighted by molar-refractivity contribution is 0.251. The summed E-state index contributed by atoms with van der Waals surface area (Å²) in [4.78, 5) is 11.6. The summed E-state index contributed by atoms with van der Waals surface area (Å²) in [5.74, 6) is -0.456. The smallest absolute Gasteiger partial charge is 0.319 e. The lowest BCUT2D eigenvalue weighted by Crippen LogP contribution is -2.28. The van der Waals surface area contributed by atoms with E-state index >= 15 is 0 Å². The van der Waals surface area contributed by atoms with Gasteiger partial charge in [0, 0.05) is 6.54 Å². The molecule has 3 nitrogen and oxygen atoms in total. The second-order valence-corrected chi connectivity index (χ2v) is 4.32. The van der Waals surface area contributed by atoms with Gasteiger partial charge in [-0.05, 0) is 23.8 Å². The summed E-state index contributed by atoms with van der Waals surface area (Å²) in [7, 11) is 0. The van der Waals surface area contributed by atoms with Gasteiger partial charge in [-0.3, -0.25) is 0 Å². The van der Waals surface area contributed by atoms with Gasteiger partial charge in [0.25, 0.3) is 0 Å². The van der Waals surface area contributed by atoms with E-state index < -0.39 is 11.8 Å². The first kappa shape index (κ1) is 13.4. The molecule has 2 rings (SSSR count). The van der Waals surface area contributed by atoms with Crippen molar-refractivity contribution >= 4 is 23.3 Å². The quantitative estimate of drug-likeness (QED) is 0.881. The summed E-state index contributed by atoms with van der Waals surface area (Å²) in [6, 6.07) is 12.8. The summed E-state index contributed by atoms with van der Waals surface area (Å²) in [5.41, 5.74) is 1.22. The standard InChI is InChI=1S/C14H12ClFN2O/c15-12-7-6-11(16)8-13(12)18-14(19)17-9-10-4-2-1-3-5-10/h1-8H,9H2,(H2,17,18,19). The third-order valence-electron chi connectivity index (χ3n) is 2.47. The highest BCUT2D eigenvalue weighted by Gasteiger charge is 2.06. The highest BCUT2D eigenvalue weighted by atomic mass is 35.5. The molecule has 0 heterocycles. The molecule has 98 valence electrons. The van der Waals surface area contributed by atoms with Crippen molar-refractivity contribution < 1.29 is 9.18 Å². The molecule has 2 amide bonds. The van der Waals surface area contributed by atoms with Gasteiger partial charge >= 0.3 is 6.03 Å². The number of carbonyl (C=O) groups is 1. The minimum atomic E-state index is -0.456. The molecule has 0 aliphatic rings. The Hall–Kier alpha value is -2.07. The van der Waals surface area contributed by atoms with Crippen LogP contribution in [0.2, 0.25) is 5.02 Å². The first-order chi connectivity index (χ1) is 9.15. The predicted octanol–water partition coefficient (Wildman–Crippen LogP) is 3.80. The maximum Gasteiger partial charge on any atom is 0.319 e. The van der Waals surface area contributed by atoms with Crippen molar-refractivity contribution in [1.29, 1.82) is 0 Å². The van der Waals surface area contributed by atoms with Gasteiger partial charge in [-0.25, -0.2) is 9.18 Å². The molecule has 0 unspecified atom stereocenters. The van der Waals surface area contributed by atoms with Gasteiger partial charge in [0.1, 0.15) is 5.82 Å². The highest BCUT2D eigenvalue weighted by Crippen LogP contribution is 2.22. The van der Waals surface area contributed by atoms with Crippen LogP contribution in [0.1, 0.15) is 5.56 Å². The number of carbonyl (C=O) groups excluding carboxylic acids is 1. The van der Waals surface area contributed by atoms with E-state index in [0.29, 0.717) is 6.54 Å². The normalized spacial score (nSPS) is 10.0. The van der Waals surface area contributed by atoms with Crippen LogP contribution in [0, 0.1) is 5.82 Å². The molecule has 0 aliphatic carbocycles. The minimum Gasteiger partial charge on any atom is -0.334 e. The molecule has 0 aromatic heterocycles. The fourth-order valence-corrected chi connectivity index (χ4v) is 1.70. The van der Waals surface area contributed by atoms with Crippen molar-refractivity contribution in [2.75, 3.05) is 5.32 Å². The van der Waals surface area contributed by atoms with Crippen LogP contribution in [-0.2, 0) is 6.54 Å². The molecule has 0 bridgehead atoms. The van der Waals surface area contributed by atoms with Crippen LogP contribution in [0.3, 0.4) is 0 Å². The van der Waals surface area contributed by atoms with Gasteiger partial charge in [0.05, 0.1) is 10.7 Å². The molecule has 0 radical (unpaired) electrons. The van der Waals surface area contributed by atoms with Crippen LogP contribution in [0.15, 0.2) is 48.5 Å². The number of amides is 2. The third-order valence-corrected chi connectivity index (χ3v) is 2.80. The van der Waals surface area contributed by atoms with Crippen LogP contribution in [0.25, 0.3) is 0 Å². The molecule has 0 aliphatic heterocycles. The molecule has 0 saturated heterocycles. The molecule has 0 fully saturated rings. The van der Waals surface area contributed by atoms with E-state index in [1.165, 1.54) is 18.2 Å². The predicted molar refractivity (Wildman–Crippen MR) is 73.7 cm³/mol. The van der Waals surface area contributed by atoms with Crippen molar-refractivity contribution in [3.63, 3.8) is 0 Å². The maximum absolute atomic E-state index is 13.0. The molecular weight excluding hydrogens is 267 g/mol. The lowest BCUT2D eigenvalue weighted by atomic mass is 10.2. The van der Waals surface area contributed by atoms with Gasteiger partial charge in [-0.2, -0.15) is 0 Å². The fourth-order valence-electron chi connectivity index (χ4n) is 1.54. The molecule has 2 N–H and O–H groups in total. The topological polar surface area (TPSA) is 41.1 Å². The Kier molecular flexibility index (Phi) is 4.36. The van der Waals surface area contributed by atoms with E-state index in [1.807, 2.05) is 30.3 Å². The van der Waals surface area contributed by atoms with Crippen molar-refractivity contribution in [1.82, 2.24) is 5.32 Å². The molecule has 5 heteroatoms. The lowest BCUT2D eigenvalue weighted by Gasteiger charge is -2.09. The SMILES string of the molecule is O=C(NCc1ccccc1)Nc1cc(F)ccc1Cl. The Balaban J connectivity index is 1.93. The average molecular weight is 279 g/mol. The van der Waals surface area contributed by atoms with E-state index in [-0.39, 0.29) is 10.7 Å². The van der Waals surface area contributed by atoms with Crippen LogP contribution >= 0.6 is 11.6 Å². The summed E-state index contributed by atoms with van der Waals surface area (Å²) >= 11 is 5.85. The maximum atomic E-state index is 13.0. The zero-order valence-corrected chi connectivity index (χ0v) is 10.7. The monoisotopic (exact) mass is 278 g/mol. The molecule has 0 atom stereocenters. The van der Waals surface area contributed by atoms with Crippen LogP contribution < -0.4 is 10.6 Å². The van der Waals surface area contributed by atoms with Crippen molar-refractivity contribution in [3.05, 3.63) is 64.9 Å². The van der Waals surface area contributed by atoms with Gasteiger partial charge in [-0.1, -0.05) is 41.9 Å².